The highest BCUT2D eigenvalue weighted by atomic mass is 19.4. The Hall–Kier alpha value is -9.48. The van der Waals surface area contributed by atoms with Crippen LogP contribution >= 0.6 is 0 Å². The Morgan fingerprint density at radius 1 is 0.338 bits per heavy atom. The molecular formula is C66H43F6N5. The Labute approximate surface area is 439 Å². The minimum Gasteiger partial charge on any atom is -0.308 e. The normalized spacial score (nSPS) is 11.9. The van der Waals surface area contributed by atoms with Gasteiger partial charge in [0.2, 0.25) is 0 Å². The van der Waals surface area contributed by atoms with Gasteiger partial charge < -0.3 is 4.57 Å². The van der Waals surface area contributed by atoms with Crippen LogP contribution in [-0.4, -0.2) is 24.5 Å². The van der Waals surface area contributed by atoms with Gasteiger partial charge in [-0.2, -0.15) is 26.3 Å². The van der Waals surface area contributed by atoms with Gasteiger partial charge in [0, 0.05) is 44.2 Å². The van der Waals surface area contributed by atoms with Gasteiger partial charge in [0.05, 0.1) is 50.6 Å². The molecule has 0 radical (unpaired) electrons. The minimum absolute atomic E-state index is 0.0119. The summed E-state index contributed by atoms with van der Waals surface area (Å²) < 4.78 is 88.4. The number of rotatable bonds is 9. The van der Waals surface area contributed by atoms with Crippen molar-refractivity contribution >= 4 is 21.8 Å². The molecule has 0 saturated heterocycles. The molecule has 3 heterocycles. The lowest BCUT2D eigenvalue weighted by Crippen LogP contribution is -2.07. The fourth-order valence-corrected chi connectivity index (χ4v) is 10.1. The van der Waals surface area contributed by atoms with E-state index in [9.17, 15) is 26.3 Å². The lowest BCUT2D eigenvalue weighted by atomic mass is 9.95. The maximum atomic E-state index is 14.8. The van der Waals surface area contributed by atoms with Crippen LogP contribution in [0.1, 0.15) is 22.3 Å². The van der Waals surface area contributed by atoms with Gasteiger partial charge in [0.1, 0.15) is 0 Å². The van der Waals surface area contributed by atoms with E-state index < -0.39 is 23.5 Å². The van der Waals surface area contributed by atoms with Crippen molar-refractivity contribution in [1.29, 1.82) is 0 Å². The Balaban J connectivity index is 1.16. The summed E-state index contributed by atoms with van der Waals surface area (Å²) in [6.45, 7) is 3.26. The number of hydrogen-bond donors (Lipinski definition) is 0. The van der Waals surface area contributed by atoms with Crippen molar-refractivity contribution in [3.8, 4) is 95.7 Å². The molecule has 374 valence electrons. The summed E-state index contributed by atoms with van der Waals surface area (Å²) >= 11 is 0. The number of fused-ring (bicyclic) bond motifs is 3. The van der Waals surface area contributed by atoms with E-state index in [4.69, 9.17) is 19.9 Å². The number of hydrogen-bond acceptors (Lipinski definition) is 4. The third-order valence-corrected chi connectivity index (χ3v) is 13.9. The zero-order chi connectivity index (χ0) is 53.0. The molecule has 77 heavy (non-hydrogen) atoms. The average Bonchev–Trinajstić information content (AvgIpc) is 3.84. The molecule has 0 aliphatic carbocycles. The first-order valence-corrected chi connectivity index (χ1v) is 24.8. The predicted molar refractivity (Wildman–Crippen MR) is 295 cm³/mol. The van der Waals surface area contributed by atoms with Crippen LogP contribution in [0.4, 0.5) is 26.3 Å². The number of halogens is 6. The molecule has 0 bridgehead atoms. The van der Waals surface area contributed by atoms with Crippen LogP contribution in [0.15, 0.2) is 224 Å². The third kappa shape index (κ3) is 9.41. The van der Waals surface area contributed by atoms with E-state index in [1.807, 2.05) is 180 Å². The van der Waals surface area contributed by atoms with Crippen molar-refractivity contribution < 1.29 is 26.3 Å². The van der Waals surface area contributed by atoms with Crippen molar-refractivity contribution in [2.75, 3.05) is 0 Å². The molecule has 0 aliphatic rings. The highest BCUT2D eigenvalue weighted by molar-refractivity contribution is 6.12. The standard InChI is InChI=1S/C66H43F6N5/c1-40-23-28-51(55(33-40)66(70,71)72)47-25-31-61-53(36-47)52-35-46(50-29-27-49(34-41(50)2)65(67,68)69)24-30-60(52)77(61)62-32-26-48(63-73-56(42-15-7-3-8-16-42)38-57(74-63)43-17-9-4-10-18-43)37-54(62)64-75-58(44-19-11-5-12-20-44)39-59(76-64)45-21-13-6-14-22-45/h3-39H,1-2H3. The number of aryl methyl sites for hydroxylation is 2. The fourth-order valence-electron chi connectivity index (χ4n) is 10.1. The quantitative estimate of drug-likeness (QED) is 0.135. The molecule has 0 spiro atoms. The molecule has 11 heteroatoms. The van der Waals surface area contributed by atoms with Crippen LogP contribution in [0, 0.1) is 13.8 Å². The first-order valence-electron chi connectivity index (χ1n) is 24.8. The Morgan fingerprint density at radius 2 is 0.779 bits per heavy atom. The third-order valence-electron chi connectivity index (χ3n) is 13.9. The second-order valence-corrected chi connectivity index (χ2v) is 19.0. The molecule has 0 atom stereocenters. The molecule has 0 unspecified atom stereocenters. The van der Waals surface area contributed by atoms with Crippen molar-refractivity contribution in [3.05, 3.63) is 247 Å². The van der Waals surface area contributed by atoms with E-state index >= 15 is 0 Å². The van der Waals surface area contributed by atoms with Crippen molar-refractivity contribution in [1.82, 2.24) is 24.5 Å². The van der Waals surface area contributed by atoms with E-state index in [1.54, 1.807) is 32.0 Å². The van der Waals surface area contributed by atoms with E-state index in [-0.39, 0.29) is 5.56 Å². The highest BCUT2D eigenvalue weighted by Gasteiger charge is 2.34. The van der Waals surface area contributed by atoms with Gasteiger partial charge in [-0.1, -0.05) is 157 Å². The molecular weight excluding hydrogens is 977 g/mol. The van der Waals surface area contributed by atoms with Gasteiger partial charge in [0.15, 0.2) is 11.6 Å². The lowest BCUT2D eigenvalue weighted by Gasteiger charge is -2.17. The largest absolute Gasteiger partial charge is 0.417 e. The Bertz CT molecular complexity index is 4080. The van der Waals surface area contributed by atoms with Gasteiger partial charge in [-0.15, -0.1) is 0 Å². The number of aromatic nitrogens is 5. The molecule has 9 aromatic carbocycles. The molecule has 0 fully saturated rings. The van der Waals surface area contributed by atoms with Crippen LogP contribution in [0.25, 0.3) is 118 Å². The summed E-state index contributed by atoms with van der Waals surface area (Å²) in [5.74, 6) is 0.824. The lowest BCUT2D eigenvalue weighted by molar-refractivity contribution is -0.138. The average molecular weight is 1020 g/mol. The smallest absolute Gasteiger partial charge is 0.308 e. The first kappa shape index (κ1) is 48.5. The molecule has 0 aliphatic heterocycles. The second kappa shape index (κ2) is 19.3. The van der Waals surface area contributed by atoms with Crippen molar-refractivity contribution in [2.45, 2.75) is 26.2 Å². The minimum atomic E-state index is -4.65. The molecule has 0 amide bonds. The molecule has 0 saturated carbocycles. The summed E-state index contributed by atoms with van der Waals surface area (Å²) in [6.07, 6.45) is -9.18. The maximum absolute atomic E-state index is 14.8. The summed E-state index contributed by atoms with van der Waals surface area (Å²) in [6, 6.07) is 68.2. The van der Waals surface area contributed by atoms with Gasteiger partial charge >= 0.3 is 12.4 Å². The van der Waals surface area contributed by atoms with Crippen LogP contribution < -0.4 is 0 Å². The zero-order valence-corrected chi connectivity index (χ0v) is 41.4. The highest BCUT2D eigenvalue weighted by Crippen LogP contribution is 2.44. The predicted octanol–water partition coefficient (Wildman–Crippen LogP) is 18.4. The summed E-state index contributed by atoms with van der Waals surface area (Å²) in [4.78, 5) is 21.0. The summed E-state index contributed by atoms with van der Waals surface area (Å²) in [5.41, 5.74) is 10.4. The van der Waals surface area contributed by atoms with E-state index in [0.29, 0.717) is 101 Å². The van der Waals surface area contributed by atoms with Crippen molar-refractivity contribution in [2.24, 2.45) is 0 Å². The monoisotopic (exact) mass is 1020 g/mol. The van der Waals surface area contributed by atoms with Gasteiger partial charge in [-0.05, 0) is 114 Å². The summed E-state index contributed by atoms with van der Waals surface area (Å²) in [5, 5.41) is 1.27. The molecule has 0 N–H and O–H groups in total. The number of benzene rings is 9. The SMILES string of the molecule is Cc1ccc(-c2ccc3c(c2)c2cc(-c4ccc(C(F)(F)F)cc4C)ccc2n3-c2ccc(-c3nc(-c4ccccc4)cc(-c4ccccc4)n3)cc2-c2nc(-c3ccccc3)cc(-c3ccccc3)n2)c(C(F)(F)F)c1. The van der Waals surface area contributed by atoms with E-state index in [2.05, 4.69) is 0 Å². The second-order valence-electron chi connectivity index (χ2n) is 19.0. The molecule has 12 rings (SSSR count). The fraction of sp³-hybridized carbons (Fsp3) is 0.0606. The van der Waals surface area contributed by atoms with Crippen LogP contribution in [-0.2, 0) is 12.4 Å². The Kier molecular flexibility index (Phi) is 12.2. The molecule has 5 nitrogen and oxygen atoms in total. The van der Waals surface area contributed by atoms with E-state index in [0.717, 1.165) is 40.5 Å². The van der Waals surface area contributed by atoms with Crippen LogP contribution in [0.5, 0.6) is 0 Å². The zero-order valence-electron chi connectivity index (χ0n) is 41.4. The van der Waals surface area contributed by atoms with E-state index in [1.165, 1.54) is 12.1 Å². The molecule has 12 aromatic rings. The van der Waals surface area contributed by atoms with Gasteiger partial charge in [0.25, 0.3) is 0 Å². The van der Waals surface area contributed by atoms with Gasteiger partial charge in [-0.3, -0.25) is 0 Å². The van der Waals surface area contributed by atoms with Crippen LogP contribution in [0.2, 0.25) is 0 Å². The number of nitrogens with zero attached hydrogens (tertiary/aromatic N) is 5. The van der Waals surface area contributed by atoms with Crippen molar-refractivity contribution in [3.63, 3.8) is 0 Å². The molecule has 3 aromatic heterocycles. The Morgan fingerprint density at radius 3 is 1.23 bits per heavy atom. The van der Waals surface area contributed by atoms with Gasteiger partial charge in [-0.25, -0.2) is 19.9 Å². The summed E-state index contributed by atoms with van der Waals surface area (Å²) in [7, 11) is 0. The first-order chi connectivity index (χ1) is 37.2. The topological polar surface area (TPSA) is 56.5 Å². The maximum Gasteiger partial charge on any atom is 0.417 e. The van der Waals surface area contributed by atoms with Crippen LogP contribution in [0.3, 0.4) is 0 Å². The number of alkyl halides is 6.